The van der Waals surface area contributed by atoms with Crippen LogP contribution in [0.2, 0.25) is 0 Å². The third kappa shape index (κ3) is 3.38. The van der Waals surface area contributed by atoms with Crippen LogP contribution in [0.3, 0.4) is 0 Å². The molecule has 4 rings (SSSR count). The number of pyridine rings is 1. The van der Waals surface area contributed by atoms with E-state index in [1.54, 1.807) is 10.6 Å². The lowest BCUT2D eigenvalue weighted by Crippen LogP contribution is -2.27. The number of hydrogen-bond acceptors (Lipinski definition) is 3. The van der Waals surface area contributed by atoms with Crippen LogP contribution in [0.25, 0.3) is 5.52 Å². The molecule has 0 radical (unpaired) electrons. The standard InChI is InChI=1S/C22H24N4O2/c1-3-14-8-7-9-15(4-2)18(14)25-21(27)19-17-10-5-6-13-26(17)20(24-19)22(28)23-16-11-12-16/h5-10,13,16H,3-4,11-12H2,1-2H3,(H,23,28)(H,25,27). The first-order chi connectivity index (χ1) is 13.6. The van der Waals surface area contributed by atoms with Gasteiger partial charge in [0, 0.05) is 17.9 Å². The first-order valence-corrected chi connectivity index (χ1v) is 9.82. The maximum atomic E-state index is 13.1. The molecule has 1 aliphatic carbocycles. The minimum atomic E-state index is -0.301. The molecule has 6 nitrogen and oxygen atoms in total. The van der Waals surface area contributed by atoms with E-state index in [9.17, 15) is 9.59 Å². The molecule has 2 heterocycles. The van der Waals surface area contributed by atoms with Crippen molar-refractivity contribution >= 4 is 23.0 Å². The second-order valence-electron chi connectivity index (χ2n) is 7.10. The molecule has 3 aromatic rings. The van der Waals surface area contributed by atoms with Crippen LogP contribution in [-0.2, 0) is 12.8 Å². The molecular weight excluding hydrogens is 352 g/mol. The third-order valence-corrected chi connectivity index (χ3v) is 5.12. The Kier molecular flexibility index (Phi) is 4.86. The Morgan fingerprint density at radius 3 is 2.39 bits per heavy atom. The Hall–Kier alpha value is -3.15. The van der Waals surface area contributed by atoms with Gasteiger partial charge >= 0.3 is 0 Å². The van der Waals surface area contributed by atoms with Crippen molar-refractivity contribution in [3.05, 3.63) is 65.2 Å². The maximum absolute atomic E-state index is 13.1. The molecular formula is C22H24N4O2. The number of anilines is 1. The van der Waals surface area contributed by atoms with Gasteiger partial charge in [0.15, 0.2) is 5.69 Å². The third-order valence-electron chi connectivity index (χ3n) is 5.12. The predicted molar refractivity (Wildman–Crippen MR) is 109 cm³/mol. The molecule has 1 aliphatic rings. The molecule has 0 saturated heterocycles. The average Bonchev–Trinajstić information content (AvgIpc) is 3.44. The van der Waals surface area contributed by atoms with Crippen molar-refractivity contribution in [3.8, 4) is 0 Å². The number of carbonyl (C=O) groups excluding carboxylic acids is 2. The molecule has 28 heavy (non-hydrogen) atoms. The fraction of sp³-hybridized carbons (Fsp3) is 0.318. The molecule has 1 aromatic carbocycles. The number of nitrogens with zero attached hydrogens (tertiary/aromatic N) is 2. The lowest BCUT2D eigenvalue weighted by Gasteiger charge is -2.13. The van der Waals surface area contributed by atoms with Crippen molar-refractivity contribution < 1.29 is 9.59 Å². The molecule has 0 spiro atoms. The molecule has 0 bridgehead atoms. The molecule has 0 atom stereocenters. The highest BCUT2D eigenvalue weighted by atomic mass is 16.2. The van der Waals surface area contributed by atoms with Crippen LogP contribution in [0.1, 0.15) is 58.9 Å². The van der Waals surface area contributed by atoms with E-state index < -0.39 is 0 Å². The van der Waals surface area contributed by atoms with Crippen molar-refractivity contribution in [1.29, 1.82) is 0 Å². The number of rotatable bonds is 6. The first-order valence-electron chi connectivity index (χ1n) is 9.82. The van der Waals surface area contributed by atoms with E-state index in [0.717, 1.165) is 42.5 Å². The number of aromatic nitrogens is 2. The van der Waals surface area contributed by atoms with Crippen molar-refractivity contribution in [3.63, 3.8) is 0 Å². The Morgan fingerprint density at radius 1 is 1.04 bits per heavy atom. The number of carbonyl (C=O) groups is 2. The smallest absolute Gasteiger partial charge is 0.287 e. The van der Waals surface area contributed by atoms with Gasteiger partial charge < -0.3 is 10.6 Å². The molecule has 0 aliphatic heterocycles. The van der Waals surface area contributed by atoms with Crippen LogP contribution >= 0.6 is 0 Å². The number of aryl methyl sites for hydroxylation is 2. The minimum Gasteiger partial charge on any atom is -0.347 e. The number of amides is 2. The number of benzene rings is 1. The first kappa shape index (κ1) is 18.2. The zero-order valence-corrected chi connectivity index (χ0v) is 16.2. The van der Waals surface area contributed by atoms with Gasteiger partial charge in [-0.15, -0.1) is 0 Å². The number of hydrogen-bond donors (Lipinski definition) is 2. The maximum Gasteiger partial charge on any atom is 0.287 e. The van der Waals surface area contributed by atoms with Crippen LogP contribution < -0.4 is 10.6 Å². The summed E-state index contributed by atoms with van der Waals surface area (Å²) in [5.41, 5.74) is 3.90. The van der Waals surface area contributed by atoms with E-state index in [1.165, 1.54) is 0 Å². The zero-order valence-electron chi connectivity index (χ0n) is 16.2. The quantitative estimate of drug-likeness (QED) is 0.690. The molecule has 6 heteroatoms. The Morgan fingerprint density at radius 2 is 1.75 bits per heavy atom. The Bertz CT molecular complexity index is 1030. The van der Waals surface area contributed by atoms with Gasteiger partial charge in [-0.25, -0.2) is 4.98 Å². The largest absolute Gasteiger partial charge is 0.347 e. The van der Waals surface area contributed by atoms with Gasteiger partial charge in [-0.3, -0.25) is 14.0 Å². The fourth-order valence-corrected chi connectivity index (χ4v) is 3.42. The molecule has 0 unspecified atom stereocenters. The van der Waals surface area contributed by atoms with Crippen LogP contribution in [0.5, 0.6) is 0 Å². The van der Waals surface area contributed by atoms with Crippen molar-refractivity contribution in [2.45, 2.75) is 45.6 Å². The van der Waals surface area contributed by atoms with E-state index in [1.807, 2.05) is 36.4 Å². The van der Waals surface area contributed by atoms with E-state index in [4.69, 9.17) is 0 Å². The lowest BCUT2D eigenvalue weighted by atomic mass is 10.0. The monoisotopic (exact) mass is 376 g/mol. The van der Waals surface area contributed by atoms with Crippen LogP contribution in [0.4, 0.5) is 5.69 Å². The summed E-state index contributed by atoms with van der Waals surface area (Å²) in [4.78, 5) is 30.1. The van der Waals surface area contributed by atoms with Crippen LogP contribution in [-0.4, -0.2) is 27.2 Å². The summed E-state index contributed by atoms with van der Waals surface area (Å²) < 4.78 is 1.68. The predicted octanol–water partition coefficient (Wildman–Crippen LogP) is 3.60. The summed E-state index contributed by atoms with van der Waals surface area (Å²) in [6.45, 7) is 4.13. The average molecular weight is 376 g/mol. The Labute approximate surface area is 164 Å². The van der Waals surface area contributed by atoms with Crippen molar-refractivity contribution in [2.24, 2.45) is 0 Å². The molecule has 2 amide bonds. The van der Waals surface area contributed by atoms with E-state index >= 15 is 0 Å². The topological polar surface area (TPSA) is 75.5 Å². The summed E-state index contributed by atoms with van der Waals surface area (Å²) in [5, 5.41) is 6.00. The summed E-state index contributed by atoms with van der Waals surface area (Å²) in [7, 11) is 0. The molecule has 1 fully saturated rings. The number of imidazole rings is 1. The van der Waals surface area contributed by atoms with Crippen LogP contribution in [0.15, 0.2) is 42.6 Å². The van der Waals surface area contributed by atoms with Gasteiger partial charge in [0.05, 0.1) is 5.52 Å². The van der Waals surface area contributed by atoms with Gasteiger partial charge in [0.1, 0.15) is 0 Å². The number of para-hydroxylation sites is 1. The second-order valence-corrected chi connectivity index (χ2v) is 7.10. The van der Waals surface area contributed by atoms with Gasteiger partial charge in [0.25, 0.3) is 11.8 Å². The molecule has 1 saturated carbocycles. The zero-order chi connectivity index (χ0) is 19.7. The summed E-state index contributed by atoms with van der Waals surface area (Å²) in [6.07, 6.45) is 5.40. The SMILES string of the molecule is CCc1cccc(CC)c1NC(=O)c1nc(C(=O)NC2CC2)n2ccccc12. The highest BCUT2D eigenvalue weighted by Gasteiger charge is 2.27. The van der Waals surface area contributed by atoms with Crippen LogP contribution in [0, 0.1) is 0 Å². The van der Waals surface area contributed by atoms with E-state index in [2.05, 4.69) is 29.5 Å². The normalized spacial score (nSPS) is 13.5. The van der Waals surface area contributed by atoms with Crippen molar-refractivity contribution in [1.82, 2.24) is 14.7 Å². The highest BCUT2D eigenvalue weighted by molar-refractivity contribution is 6.09. The van der Waals surface area contributed by atoms with Gasteiger partial charge in [0.2, 0.25) is 5.82 Å². The van der Waals surface area contributed by atoms with E-state index in [0.29, 0.717) is 5.52 Å². The molecule has 144 valence electrons. The van der Waals surface area contributed by atoms with Gasteiger partial charge in [-0.1, -0.05) is 38.1 Å². The van der Waals surface area contributed by atoms with Gasteiger partial charge in [-0.05, 0) is 48.9 Å². The fourth-order valence-electron chi connectivity index (χ4n) is 3.42. The van der Waals surface area contributed by atoms with Gasteiger partial charge in [-0.2, -0.15) is 0 Å². The summed E-state index contributed by atoms with van der Waals surface area (Å²) >= 11 is 0. The minimum absolute atomic E-state index is 0.226. The summed E-state index contributed by atoms with van der Waals surface area (Å²) in [5.74, 6) is -0.303. The highest BCUT2D eigenvalue weighted by Crippen LogP contribution is 2.24. The Balaban J connectivity index is 1.71. The number of nitrogens with one attached hydrogen (secondary N) is 2. The molecule has 2 N–H and O–H groups in total. The summed E-state index contributed by atoms with van der Waals surface area (Å²) in [6, 6.07) is 11.8. The molecule has 2 aromatic heterocycles. The van der Waals surface area contributed by atoms with E-state index in [-0.39, 0.29) is 29.4 Å². The van der Waals surface area contributed by atoms with Crippen molar-refractivity contribution in [2.75, 3.05) is 5.32 Å². The lowest BCUT2D eigenvalue weighted by molar-refractivity contribution is 0.0940. The number of fused-ring (bicyclic) bond motifs is 1. The second kappa shape index (κ2) is 7.46.